The molecule has 0 spiro atoms. The Hall–Kier alpha value is -2.86. The number of hydrogen-bond donors (Lipinski definition) is 1. The van der Waals surface area contributed by atoms with E-state index >= 15 is 0 Å². The highest BCUT2D eigenvalue weighted by atomic mass is 35.5. The fraction of sp³-hybridized carbons (Fsp3) is 0.250. The molecule has 2 aromatic heterocycles. The van der Waals surface area contributed by atoms with Gasteiger partial charge in [-0.25, -0.2) is 4.98 Å². The van der Waals surface area contributed by atoms with Crippen LogP contribution in [-0.4, -0.2) is 39.2 Å². The highest BCUT2D eigenvalue weighted by Gasteiger charge is 2.24. The summed E-state index contributed by atoms with van der Waals surface area (Å²) in [6, 6.07) is 10.7. The minimum Gasteiger partial charge on any atom is -0.338 e. The largest absolute Gasteiger partial charge is 0.338 e. The van der Waals surface area contributed by atoms with Crippen molar-refractivity contribution in [2.75, 3.05) is 18.4 Å². The van der Waals surface area contributed by atoms with E-state index in [2.05, 4.69) is 10.3 Å². The van der Waals surface area contributed by atoms with E-state index in [4.69, 9.17) is 11.6 Å². The Morgan fingerprint density at radius 1 is 1.19 bits per heavy atom. The summed E-state index contributed by atoms with van der Waals surface area (Å²) in [4.78, 5) is 31.7. The molecule has 3 rings (SSSR count). The van der Waals surface area contributed by atoms with E-state index < -0.39 is 5.91 Å². The van der Waals surface area contributed by atoms with Gasteiger partial charge in [-0.3, -0.25) is 14.0 Å². The SMILES string of the molecule is CCN(CC)C(=O)c1nc(C(=O)Nc2ccc(C)c(Cl)c2)n2ccccc12. The molecular formula is C20H21ClN4O2. The number of halogens is 1. The van der Waals surface area contributed by atoms with E-state index in [-0.39, 0.29) is 17.4 Å². The topological polar surface area (TPSA) is 66.7 Å². The molecule has 2 heterocycles. The summed E-state index contributed by atoms with van der Waals surface area (Å²) in [6.07, 6.45) is 1.72. The van der Waals surface area contributed by atoms with Crippen LogP contribution in [0.25, 0.3) is 5.52 Å². The second-order valence-corrected chi connectivity index (χ2v) is 6.54. The number of aryl methyl sites for hydroxylation is 1. The molecule has 0 saturated heterocycles. The number of hydrogen-bond acceptors (Lipinski definition) is 3. The quantitative estimate of drug-likeness (QED) is 0.722. The molecule has 0 atom stereocenters. The summed E-state index contributed by atoms with van der Waals surface area (Å²) < 4.78 is 1.63. The summed E-state index contributed by atoms with van der Waals surface area (Å²) in [5.74, 6) is -0.450. The Labute approximate surface area is 162 Å². The van der Waals surface area contributed by atoms with Crippen molar-refractivity contribution >= 4 is 34.6 Å². The molecule has 0 aliphatic rings. The molecule has 140 valence electrons. The molecule has 0 aliphatic carbocycles. The molecule has 0 bridgehead atoms. The van der Waals surface area contributed by atoms with E-state index in [9.17, 15) is 9.59 Å². The molecular weight excluding hydrogens is 364 g/mol. The van der Waals surface area contributed by atoms with Gasteiger partial charge in [-0.1, -0.05) is 23.7 Å². The van der Waals surface area contributed by atoms with Crippen molar-refractivity contribution in [3.05, 3.63) is 64.7 Å². The number of aromatic nitrogens is 2. The van der Waals surface area contributed by atoms with Crippen LogP contribution >= 0.6 is 11.6 Å². The van der Waals surface area contributed by atoms with Crippen LogP contribution in [0.5, 0.6) is 0 Å². The maximum Gasteiger partial charge on any atom is 0.292 e. The fourth-order valence-corrected chi connectivity index (χ4v) is 3.05. The zero-order chi connectivity index (χ0) is 19.6. The van der Waals surface area contributed by atoms with Gasteiger partial charge in [-0.15, -0.1) is 0 Å². The molecule has 27 heavy (non-hydrogen) atoms. The Balaban J connectivity index is 2.00. The average molecular weight is 385 g/mol. The number of benzene rings is 1. The molecule has 6 nitrogen and oxygen atoms in total. The van der Waals surface area contributed by atoms with Gasteiger partial charge in [-0.05, 0) is 50.6 Å². The van der Waals surface area contributed by atoms with Gasteiger partial charge >= 0.3 is 0 Å². The van der Waals surface area contributed by atoms with Crippen LogP contribution in [0.2, 0.25) is 5.02 Å². The normalized spacial score (nSPS) is 10.8. The third-order valence-electron chi connectivity index (χ3n) is 4.43. The van der Waals surface area contributed by atoms with Crippen molar-refractivity contribution in [1.82, 2.24) is 14.3 Å². The average Bonchev–Trinajstić information content (AvgIpc) is 3.05. The Morgan fingerprint density at radius 3 is 2.59 bits per heavy atom. The number of anilines is 1. The first kappa shape index (κ1) is 18.9. The first-order valence-electron chi connectivity index (χ1n) is 8.80. The Bertz CT molecular complexity index is 1010. The number of nitrogens with zero attached hydrogens (tertiary/aromatic N) is 3. The van der Waals surface area contributed by atoms with E-state index in [0.717, 1.165) is 5.56 Å². The highest BCUT2D eigenvalue weighted by molar-refractivity contribution is 6.31. The van der Waals surface area contributed by atoms with Gasteiger partial charge in [0.2, 0.25) is 5.82 Å². The predicted octanol–water partition coefficient (Wildman–Crippen LogP) is 4.03. The van der Waals surface area contributed by atoms with Crippen LogP contribution in [-0.2, 0) is 0 Å². The lowest BCUT2D eigenvalue weighted by atomic mass is 10.2. The number of carbonyl (C=O) groups excluding carboxylic acids is 2. The molecule has 0 radical (unpaired) electrons. The first-order valence-corrected chi connectivity index (χ1v) is 9.17. The highest BCUT2D eigenvalue weighted by Crippen LogP contribution is 2.21. The van der Waals surface area contributed by atoms with Crippen molar-refractivity contribution in [1.29, 1.82) is 0 Å². The molecule has 0 unspecified atom stereocenters. The summed E-state index contributed by atoms with van der Waals surface area (Å²) in [5, 5.41) is 3.36. The van der Waals surface area contributed by atoms with Gasteiger partial charge < -0.3 is 10.2 Å². The van der Waals surface area contributed by atoms with E-state index in [1.54, 1.807) is 39.8 Å². The van der Waals surface area contributed by atoms with Gasteiger partial charge in [-0.2, -0.15) is 0 Å². The number of amides is 2. The summed E-state index contributed by atoms with van der Waals surface area (Å²) in [5.41, 5.74) is 2.36. The lowest BCUT2D eigenvalue weighted by Gasteiger charge is -2.17. The summed E-state index contributed by atoms with van der Waals surface area (Å²) in [6.45, 7) is 6.86. The lowest BCUT2D eigenvalue weighted by molar-refractivity contribution is 0.0769. The maximum absolute atomic E-state index is 12.8. The minimum absolute atomic E-state index is 0.151. The first-order chi connectivity index (χ1) is 13.0. The number of pyridine rings is 1. The molecule has 1 N–H and O–H groups in total. The van der Waals surface area contributed by atoms with Crippen molar-refractivity contribution < 1.29 is 9.59 Å². The van der Waals surface area contributed by atoms with Crippen LogP contribution in [0.15, 0.2) is 42.6 Å². The van der Waals surface area contributed by atoms with Crippen LogP contribution in [0.3, 0.4) is 0 Å². The van der Waals surface area contributed by atoms with Crippen LogP contribution < -0.4 is 5.32 Å². The van der Waals surface area contributed by atoms with Gasteiger partial charge in [0, 0.05) is 30.0 Å². The monoisotopic (exact) mass is 384 g/mol. The van der Waals surface area contributed by atoms with Gasteiger partial charge in [0.15, 0.2) is 5.69 Å². The summed E-state index contributed by atoms with van der Waals surface area (Å²) >= 11 is 6.13. The van der Waals surface area contributed by atoms with Crippen LogP contribution in [0, 0.1) is 6.92 Å². The predicted molar refractivity (Wildman–Crippen MR) is 107 cm³/mol. The Kier molecular flexibility index (Phi) is 5.46. The fourth-order valence-electron chi connectivity index (χ4n) is 2.87. The standard InChI is InChI=1S/C20H21ClN4O2/c1-4-24(5-2)20(27)17-16-8-6-7-11-25(16)18(23-17)19(26)22-14-10-9-13(3)15(21)12-14/h6-12H,4-5H2,1-3H3,(H,22,26). The molecule has 0 aliphatic heterocycles. The second kappa shape index (κ2) is 7.80. The smallest absolute Gasteiger partial charge is 0.292 e. The number of imidazole rings is 1. The number of fused-ring (bicyclic) bond motifs is 1. The third-order valence-corrected chi connectivity index (χ3v) is 4.84. The lowest BCUT2D eigenvalue weighted by Crippen LogP contribution is -2.31. The van der Waals surface area contributed by atoms with Crippen molar-refractivity contribution in [3.8, 4) is 0 Å². The maximum atomic E-state index is 12.8. The number of carbonyl (C=O) groups is 2. The van der Waals surface area contributed by atoms with E-state index in [1.807, 2.05) is 32.9 Å². The van der Waals surface area contributed by atoms with Crippen LogP contribution in [0.4, 0.5) is 5.69 Å². The van der Waals surface area contributed by atoms with Gasteiger partial charge in [0.25, 0.3) is 11.8 Å². The van der Waals surface area contributed by atoms with Crippen LogP contribution in [0.1, 0.15) is 40.5 Å². The summed E-state index contributed by atoms with van der Waals surface area (Å²) in [7, 11) is 0. The number of rotatable bonds is 5. The zero-order valence-corrected chi connectivity index (χ0v) is 16.2. The minimum atomic E-state index is -0.408. The van der Waals surface area contributed by atoms with E-state index in [0.29, 0.717) is 29.3 Å². The van der Waals surface area contributed by atoms with Crippen molar-refractivity contribution in [3.63, 3.8) is 0 Å². The van der Waals surface area contributed by atoms with Gasteiger partial charge in [0.1, 0.15) is 0 Å². The van der Waals surface area contributed by atoms with Gasteiger partial charge in [0.05, 0.1) is 5.52 Å². The third kappa shape index (κ3) is 3.66. The zero-order valence-electron chi connectivity index (χ0n) is 15.5. The molecule has 0 fully saturated rings. The Morgan fingerprint density at radius 2 is 1.93 bits per heavy atom. The van der Waals surface area contributed by atoms with Crippen molar-refractivity contribution in [2.24, 2.45) is 0 Å². The molecule has 0 saturated carbocycles. The van der Waals surface area contributed by atoms with E-state index in [1.165, 1.54) is 0 Å². The molecule has 2 amide bonds. The van der Waals surface area contributed by atoms with Crippen molar-refractivity contribution in [2.45, 2.75) is 20.8 Å². The second-order valence-electron chi connectivity index (χ2n) is 6.14. The molecule has 1 aromatic carbocycles. The number of nitrogens with one attached hydrogen (secondary N) is 1. The molecule has 3 aromatic rings. The molecule has 7 heteroatoms.